The molecule has 108 valence electrons. The number of carboxylic acid groups (broad SMARTS) is 1. The van der Waals surface area contributed by atoms with Crippen molar-refractivity contribution in [1.82, 2.24) is 15.0 Å². The number of carbonyl (C=O) groups is 1. The maximum atomic E-state index is 10.3. The molecule has 1 aromatic rings. The molecule has 0 spiro atoms. The molecule has 0 fully saturated rings. The quantitative estimate of drug-likeness (QED) is 0.661. The zero-order valence-electron chi connectivity index (χ0n) is 12.0. The van der Waals surface area contributed by atoms with Gasteiger partial charge in [-0.15, -0.1) is 5.10 Å². The fourth-order valence-electron chi connectivity index (χ4n) is 1.97. The van der Waals surface area contributed by atoms with E-state index < -0.39 is 5.97 Å². The van der Waals surface area contributed by atoms with E-state index in [2.05, 4.69) is 24.2 Å². The molecule has 0 saturated heterocycles. The van der Waals surface area contributed by atoms with E-state index in [1.165, 1.54) is 12.8 Å². The molecule has 0 radical (unpaired) electrons. The molecule has 0 aliphatic rings. The van der Waals surface area contributed by atoms with Crippen LogP contribution in [0.5, 0.6) is 0 Å². The number of hydrogen-bond acceptors (Lipinski definition) is 3. The summed E-state index contributed by atoms with van der Waals surface area (Å²) < 4.78 is 1.89. The molecule has 0 aliphatic heterocycles. The van der Waals surface area contributed by atoms with Crippen LogP contribution in [-0.2, 0) is 11.2 Å². The molecule has 0 unspecified atom stereocenters. The number of unbranched alkanes of at least 4 members (excludes halogenated alkanes) is 5. The Kier molecular flexibility index (Phi) is 7.15. The van der Waals surface area contributed by atoms with Crippen LogP contribution in [0.1, 0.15) is 70.5 Å². The average molecular weight is 267 g/mol. The fraction of sp³-hybridized carbons (Fsp3) is 0.786. The zero-order chi connectivity index (χ0) is 14.1. The van der Waals surface area contributed by atoms with Gasteiger partial charge in [0.05, 0.1) is 5.69 Å². The first-order chi connectivity index (χ1) is 9.09. The summed E-state index contributed by atoms with van der Waals surface area (Å²) in [5, 5.41) is 16.7. The number of rotatable bonds is 10. The largest absolute Gasteiger partial charge is 0.481 e. The Morgan fingerprint density at radius 3 is 2.42 bits per heavy atom. The fourth-order valence-corrected chi connectivity index (χ4v) is 1.97. The molecule has 0 amide bonds. The molecule has 19 heavy (non-hydrogen) atoms. The normalized spacial score (nSPS) is 11.1. The van der Waals surface area contributed by atoms with Crippen molar-refractivity contribution in [3.05, 3.63) is 11.9 Å². The Morgan fingerprint density at radius 1 is 1.21 bits per heavy atom. The summed E-state index contributed by atoms with van der Waals surface area (Å²) in [4.78, 5) is 10.3. The van der Waals surface area contributed by atoms with Gasteiger partial charge in [-0.2, -0.15) is 0 Å². The molecule has 0 aliphatic carbocycles. The molecular formula is C14H25N3O2. The Balaban J connectivity index is 1.99. The van der Waals surface area contributed by atoms with Crippen LogP contribution in [0.3, 0.4) is 0 Å². The predicted molar refractivity (Wildman–Crippen MR) is 74.1 cm³/mol. The first-order valence-electron chi connectivity index (χ1n) is 7.22. The van der Waals surface area contributed by atoms with Crippen LogP contribution in [0.4, 0.5) is 0 Å². The van der Waals surface area contributed by atoms with Gasteiger partial charge in [0.2, 0.25) is 0 Å². The zero-order valence-corrected chi connectivity index (χ0v) is 12.0. The van der Waals surface area contributed by atoms with Crippen molar-refractivity contribution in [3.8, 4) is 0 Å². The Hall–Kier alpha value is -1.39. The monoisotopic (exact) mass is 267 g/mol. The number of aliphatic carboxylic acids is 1. The lowest BCUT2D eigenvalue weighted by atomic mass is 10.1. The lowest BCUT2D eigenvalue weighted by Gasteiger charge is -2.01. The third-order valence-electron chi connectivity index (χ3n) is 3.16. The van der Waals surface area contributed by atoms with Gasteiger partial charge in [0.1, 0.15) is 0 Å². The number of aryl methyl sites for hydroxylation is 1. The highest BCUT2D eigenvalue weighted by atomic mass is 16.4. The van der Waals surface area contributed by atoms with Crippen molar-refractivity contribution < 1.29 is 9.90 Å². The number of hydrogen-bond donors (Lipinski definition) is 1. The molecule has 1 rings (SSSR count). The second-order valence-electron chi connectivity index (χ2n) is 5.30. The molecule has 0 atom stereocenters. The highest BCUT2D eigenvalue weighted by molar-refractivity contribution is 5.66. The van der Waals surface area contributed by atoms with Crippen LogP contribution in [-0.4, -0.2) is 26.1 Å². The van der Waals surface area contributed by atoms with Gasteiger partial charge in [-0.25, -0.2) is 4.68 Å². The molecule has 1 heterocycles. The standard InChI is InChI=1S/C14H25N3O2/c1-12(2)17-11-13(15-16-17)9-7-5-3-4-6-8-10-14(18)19/h11-12H,3-10H2,1-2H3,(H,18,19). The van der Waals surface area contributed by atoms with Gasteiger partial charge in [0.25, 0.3) is 0 Å². The molecule has 0 bridgehead atoms. The van der Waals surface area contributed by atoms with E-state index in [0.717, 1.165) is 37.8 Å². The lowest BCUT2D eigenvalue weighted by Crippen LogP contribution is -2.00. The molecule has 0 saturated carbocycles. The van der Waals surface area contributed by atoms with Crippen LogP contribution in [0.25, 0.3) is 0 Å². The summed E-state index contributed by atoms with van der Waals surface area (Å²) in [6, 6.07) is 0.371. The minimum atomic E-state index is -0.687. The van der Waals surface area contributed by atoms with Crippen LogP contribution >= 0.6 is 0 Å². The van der Waals surface area contributed by atoms with E-state index in [-0.39, 0.29) is 0 Å². The van der Waals surface area contributed by atoms with Crippen LogP contribution in [0.15, 0.2) is 6.20 Å². The highest BCUT2D eigenvalue weighted by Crippen LogP contribution is 2.10. The summed E-state index contributed by atoms with van der Waals surface area (Å²) in [6.45, 7) is 4.19. The van der Waals surface area contributed by atoms with Gasteiger partial charge in [-0.1, -0.05) is 30.9 Å². The number of aromatic nitrogens is 3. The van der Waals surface area contributed by atoms with E-state index in [0.29, 0.717) is 12.5 Å². The first kappa shape index (κ1) is 15.7. The van der Waals surface area contributed by atoms with Crippen molar-refractivity contribution in [3.63, 3.8) is 0 Å². The summed E-state index contributed by atoms with van der Waals surface area (Å²) in [6.07, 6.45) is 9.77. The summed E-state index contributed by atoms with van der Waals surface area (Å²) >= 11 is 0. The van der Waals surface area contributed by atoms with Gasteiger partial charge in [0, 0.05) is 18.7 Å². The van der Waals surface area contributed by atoms with Crippen molar-refractivity contribution >= 4 is 5.97 Å². The molecule has 5 nitrogen and oxygen atoms in total. The molecule has 0 aromatic carbocycles. The average Bonchev–Trinajstić information content (AvgIpc) is 2.81. The van der Waals surface area contributed by atoms with E-state index >= 15 is 0 Å². The second kappa shape index (κ2) is 8.67. The molecule has 1 aromatic heterocycles. The van der Waals surface area contributed by atoms with Crippen molar-refractivity contribution in [2.75, 3.05) is 0 Å². The van der Waals surface area contributed by atoms with E-state index in [1.54, 1.807) is 0 Å². The van der Waals surface area contributed by atoms with Gasteiger partial charge >= 0.3 is 5.97 Å². The maximum Gasteiger partial charge on any atom is 0.303 e. The predicted octanol–water partition coefficient (Wildman–Crippen LogP) is 3.22. The van der Waals surface area contributed by atoms with Crippen LogP contribution < -0.4 is 0 Å². The summed E-state index contributed by atoms with van der Waals surface area (Å²) in [7, 11) is 0. The van der Waals surface area contributed by atoms with Crippen molar-refractivity contribution in [1.29, 1.82) is 0 Å². The van der Waals surface area contributed by atoms with E-state index in [9.17, 15) is 4.79 Å². The highest BCUT2D eigenvalue weighted by Gasteiger charge is 2.03. The summed E-state index contributed by atoms with van der Waals surface area (Å²) in [5.74, 6) is -0.687. The van der Waals surface area contributed by atoms with Gasteiger partial charge in [-0.3, -0.25) is 4.79 Å². The minimum absolute atomic E-state index is 0.304. The number of nitrogens with zero attached hydrogens (tertiary/aromatic N) is 3. The van der Waals surface area contributed by atoms with Gasteiger partial charge in [0.15, 0.2) is 0 Å². The van der Waals surface area contributed by atoms with Crippen LogP contribution in [0, 0.1) is 0 Å². The van der Waals surface area contributed by atoms with Gasteiger partial charge < -0.3 is 5.11 Å². The van der Waals surface area contributed by atoms with Gasteiger partial charge in [-0.05, 0) is 33.1 Å². The van der Waals surface area contributed by atoms with E-state index in [1.807, 2.05) is 10.9 Å². The third-order valence-corrected chi connectivity index (χ3v) is 3.16. The molecular weight excluding hydrogens is 242 g/mol. The second-order valence-corrected chi connectivity index (χ2v) is 5.30. The first-order valence-corrected chi connectivity index (χ1v) is 7.22. The molecule has 5 heteroatoms. The SMILES string of the molecule is CC(C)n1cc(CCCCCCCCC(=O)O)nn1. The van der Waals surface area contributed by atoms with E-state index in [4.69, 9.17) is 5.11 Å². The van der Waals surface area contributed by atoms with Crippen LogP contribution in [0.2, 0.25) is 0 Å². The topological polar surface area (TPSA) is 68.0 Å². The van der Waals surface area contributed by atoms with Crippen molar-refractivity contribution in [2.45, 2.75) is 71.3 Å². The Morgan fingerprint density at radius 2 is 1.84 bits per heavy atom. The Bertz CT molecular complexity index is 375. The minimum Gasteiger partial charge on any atom is -0.481 e. The maximum absolute atomic E-state index is 10.3. The Labute approximate surface area is 115 Å². The third kappa shape index (κ3) is 6.94. The summed E-state index contributed by atoms with van der Waals surface area (Å²) in [5.41, 5.74) is 1.07. The number of carboxylic acids is 1. The van der Waals surface area contributed by atoms with Crippen molar-refractivity contribution in [2.24, 2.45) is 0 Å². The molecule has 1 N–H and O–H groups in total. The smallest absolute Gasteiger partial charge is 0.303 e. The lowest BCUT2D eigenvalue weighted by molar-refractivity contribution is -0.137.